The fraction of sp³-hybridized carbons (Fsp3) is 0.308. The molecule has 0 unspecified atom stereocenters. The van der Waals surface area contributed by atoms with E-state index in [0.717, 1.165) is 4.90 Å². The number of amides is 2. The number of hydrogen-bond acceptors (Lipinski definition) is 5. The van der Waals surface area contributed by atoms with Crippen LogP contribution in [0.3, 0.4) is 0 Å². The Kier molecular flexibility index (Phi) is 2.34. The molecule has 2 aliphatic heterocycles. The van der Waals surface area contributed by atoms with E-state index in [2.05, 4.69) is 0 Å². The predicted molar refractivity (Wildman–Crippen MR) is 65.9 cm³/mol. The highest BCUT2D eigenvalue weighted by atomic mass is 16.5. The van der Waals surface area contributed by atoms with Gasteiger partial charge in [-0.3, -0.25) is 9.59 Å². The van der Waals surface area contributed by atoms with Gasteiger partial charge in [-0.05, 0) is 23.8 Å². The van der Waals surface area contributed by atoms with Gasteiger partial charge in [0.25, 0.3) is 5.91 Å². The van der Waals surface area contributed by atoms with Crippen LogP contribution in [0, 0.1) is 16.7 Å². The first-order valence-corrected chi connectivity index (χ1v) is 5.82. The van der Waals surface area contributed by atoms with Gasteiger partial charge in [0.15, 0.2) is 5.41 Å². The number of nitrogens with zero attached hydrogens (tertiary/aromatic N) is 2. The summed E-state index contributed by atoms with van der Waals surface area (Å²) < 4.78 is 4.95. The summed E-state index contributed by atoms with van der Waals surface area (Å²) in [5.41, 5.74) is 6.21. The van der Waals surface area contributed by atoms with Crippen molar-refractivity contribution in [2.24, 2.45) is 5.41 Å². The molecule has 2 amide bonds. The number of nitrogen functional groups attached to an aromatic ring is 1. The second-order valence-corrected chi connectivity index (χ2v) is 4.79. The quantitative estimate of drug-likeness (QED) is 0.573. The van der Waals surface area contributed by atoms with Crippen LogP contribution in [0.1, 0.15) is 5.56 Å². The van der Waals surface area contributed by atoms with Crippen LogP contribution in [-0.4, -0.2) is 25.0 Å². The summed E-state index contributed by atoms with van der Waals surface area (Å²) in [6.45, 7) is 0.0762. The maximum absolute atomic E-state index is 12.4. The third-order valence-electron chi connectivity index (χ3n) is 3.46. The summed E-state index contributed by atoms with van der Waals surface area (Å²) in [5.74, 6) is -0.832. The van der Waals surface area contributed by atoms with Crippen molar-refractivity contribution < 1.29 is 14.3 Å². The molecule has 19 heavy (non-hydrogen) atoms. The number of rotatable bonds is 1. The lowest BCUT2D eigenvalue weighted by molar-refractivity contribution is -0.148. The van der Waals surface area contributed by atoms with E-state index in [9.17, 15) is 9.59 Å². The predicted octanol–water partition coefficient (Wildman–Crippen LogP) is 0.225. The van der Waals surface area contributed by atoms with E-state index in [-0.39, 0.29) is 25.5 Å². The maximum Gasteiger partial charge on any atom is 0.259 e. The lowest BCUT2D eigenvalue weighted by Crippen LogP contribution is -2.55. The van der Waals surface area contributed by atoms with Crippen molar-refractivity contribution in [3.63, 3.8) is 0 Å². The van der Waals surface area contributed by atoms with Crippen LogP contribution >= 0.6 is 0 Å². The SMILES string of the molecule is N#CC1(C(=O)N2C(=O)Cc3cc(N)ccc32)COC1. The molecule has 0 bridgehead atoms. The highest BCUT2D eigenvalue weighted by Crippen LogP contribution is 2.36. The number of anilines is 2. The van der Waals surface area contributed by atoms with E-state index in [1.165, 1.54) is 0 Å². The van der Waals surface area contributed by atoms with E-state index in [4.69, 9.17) is 15.7 Å². The Morgan fingerprint density at radius 3 is 2.79 bits per heavy atom. The second kappa shape index (κ2) is 3.80. The van der Waals surface area contributed by atoms with Crippen LogP contribution in [0.4, 0.5) is 11.4 Å². The summed E-state index contributed by atoms with van der Waals surface area (Å²) >= 11 is 0. The summed E-state index contributed by atoms with van der Waals surface area (Å²) in [4.78, 5) is 25.5. The van der Waals surface area contributed by atoms with Crippen LogP contribution < -0.4 is 10.6 Å². The lowest BCUT2D eigenvalue weighted by Gasteiger charge is -2.35. The zero-order chi connectivity index (χ0) is 13.6. The summed E-state index contributed by atoms with van der Waals surface area (Å²) in [6.07, 6.45) is 0.133. The molecule has 0 spiro atoms. The standard InChI is InChI=1S/C13H11N3O3/c14-5-13(6-19-7-13)12(18)16-10-2-1-9(15)3-8(10)4-11(16)17/h1-3H,4,6-7,15H2. The van der Waals surface area contributed by atoms with Gasteiger partial charge in [0, 0.05) is 5.69 Å². The second-order valence-electron chi connectivity index (χ2n) is 4.79. The Hall–Kier alpha value is -2.39. The normalized spacial score (nSPS) is 19.5. The summed E-state index contributed by atoms with van der Waals surface area (Å²) in [7, 11) is 0. The van der Waals surface area contributed by atoms with Gasteiger partial charge in [0.2, 0.25) is 5.91 Å². The van der Waals surface area contributed by atoms with E-state index in [1.54, 1.807) is 18.2 Å². The molecule has 1 aromatic carbocycles. The molecule has 0 aliphatic carbocycles. The molecule has 96 valence electrons. The van der Waals surface area contributed by atoms with Crippen molar-refractivity contribution in [2.75, 3.05) is 23.8 Å². The minimum atomic E-state index is -1.22. The Labute approximate surface area is 109 Å². The highest BCUT2D eigenvalue weighted by molar-refractivity contribution is 6.21. The molecular formula is C13H11N3O3. The molecule has 6 heteroatoms. The van der Waals surface area contributed by atoms with Crippen molar-refractivity contribution in [2.45, 2.75) is 6.42 Å². The highest BCUT2D eigenvalue weighted by Gasteiger charge is 2.51. The number of hydrogen-bond donors (Lipinski definition) is 1. The van der Waals surface area contributed by atoms with Crippen LogP contribution in [0.2, 0.25) is 0 Å². The Bertz CT molecular complexity index is 629. The van der Waals surface area contributed by atoms with Gasteiger partial charge < -0.3 is 10.5 Å². The smallest absolute Gasteiger partial charge is 0.259 e. The zero-order valence-electron chi connectivity index (χ0n) is 10.0. The maximum atomic E-state index is 12.4. The first-order chi connectivity index (χ1) is 9.07. The molecule has 0 atom stereocenters. The topological polar surface area (TPSA) is 96.4 Å². The molecule has 0 radical (unpaired) electrons. The lowest BCUT2D eigenvalue weighted by atomic mass is 9.86. The third-order valence-corrected chi connectivity index (χ3v) is 3.46. The van der Waals surface area contributed by atoms with Gasteiger partial charge in [0.1, 0.15) is 0 Å². The van der Waals surface area contributed by atoms with Crippen molar-refractivity contribution in [1.29, 1.82) is 5.26 Å². The summed E-state index contributed by atoms with van der Waals surface area (Å²) in [5, 5.41) is 9.14. The summed E-state index contributed by atoms with van der Waals surface area (Å²) in [6, 6.07) is 6.91. The Balaban J connectivity index is 2.01. The Morgan fingerprint density at radius 2 is 2.21 bits per heavy atom. The first kappa shape index (κ1) is 11.7. The molecule has 1 fully saturated rings. The molecule has 1 saturated heterocycles. The first-order valence-electron chi connectivity index (χ1n) is 5.82. The van der Waals surface area contributed by atoms with Gasteiger partial charge in [-0.2, -0.15) is 5.26 Å². The number of benzene rings is 1. The fourth-order valence-corrected chi connectivity index (χ4v) is 2.32. The number of imide groups is 1. The molecule has 3 rings (SSSR count). The fourth-order valence-electron chi connectivity index (χ4n) is 2.32. The van der Waals surface area contributed by atoms with Crippen LogP contribution in [0.15, 0.2) is 18.2 Å². The largest absolute Gasteiger partial charge is 0.399 e. The minimum absolute atomic E-state index is 0.0381. The number of carbonyl (C=O) groups excluding carboxylic acids is 2. The molecule has 1 aromatic rings. The van der Waals surface area contributed by atoms with E-state index < -0.39 is 11.3 Å². The molecular weight excluding hydrogens is 246 g/mol. The van der Waals surface area contributed by atoms with E-state index in [0.29, 0.717) is 16.9 Å². The number of nitriles is 1. The number of fused-ring (bicyclic) bond motifs is 1. The minimum Gasteiger partial charge on any atom is -0.399 e. The van der Waals surface area contributed by atoms with Crippen LogP contribution in [-0.2, 0) is 20.7 Å². The van der Waals surface area contributed by atoms with Gasteiger partial charge in [-0.25, -0.2) is 4.90 Å². The van der Waals surface area contributed by atoms with Gasteiger partial charge in [0.05, 0.1) is 31.4 Å². The van der Waals surface area contributed by atoms with Gasteiger partial charge in [-0.1, -0.05) is 0 Å². The van der Waals surface area contributed by atoms with E-state index >= 15 is 0 Å². The molecule has 6 nitrogen and oxygen atoms in total. The van der Waals surface area contributed by atoms with Crippen molar-refractivity contribution >= 4 is 23.2 Å². The molecule has 0 aromatic heterocycles. The number of nitrogens with two attached hydrogens (primary N) is 1. The number of carbonyl (C=O) groups is 2. The Morgan fingerprint density at radius 1 is 1.47 bits per heavy atom. The van der Waals surface area contributed by atoms with Crippen molar-refractivity contribution in [3.8, 4) is 6.07 Å². The third kappa shape index (κ3) is 1.52. The van der Waals surface area contributed by atoms with Crippen molar-refractivity contribution in [3.05, 3.63) is 23.8 Å². The molecule has 2 N–H and O–H groups in total. The van der Waals surface area contributed by atoms with Crippen molar-refractivity contribution in [1.82, 2.24) is 0 Å². The van der Waals surface area contributed by atoms with Gasteiger partial charge in [-0.15, -0.1) is 0 Å². The zero-order valence-corrected chi connectivity index (χ0v) is 10.0. The molecule has 0 saturated carbocycles. The molecule has 2 heterocycles. The van der Waals surface area contributed by atoms with E-state index in [1.807, 2.05) is 6.07 Å². The average molecular weight is 257 g/mol. The monoisotopic (exact) mass is 257 g/mol. The van der Waals surface area contributed by atoms with Gasteiger partial charge >= 0.3 is 0 Å². The van der Waals surface area contributed by atoms with Crippen LogP contribution in [0.25, 0.3) is 0 Å². The van der Waals surface area contributed by atoms with Crippen LogP contribution in [0.5, 0.6) is 0 Å². The number of ether oxygens (including phenoxy) is 1. The molecule has 2 aliphatic rings. The average Bonchev–Trinajstić information content (AvgIpc) is 2.63.